The second-order valence-electron chi connectivity index (χ2n) is 13.9. The Bertz CT molecular complexity index is 2750. The standard InChI is InChI=1S/C29H36N12O19P2/c30-21-13-22(33-6-32-21)40(7-34-13)27-18(47)20(11(58-27)5-55-62(52,53)59-19-9(3-42)56-26(17(19)46)39-2-1-12(43)36-29(39)49)60-61(50,51)54-4-10-15(44)16(45)25(57-10)41-8-35-14-23(41)37-28(31)38-24(14)48/h1-2,6-11,15-20,25-27,42,44-47H,3-5H2,(H,50,51)(H,52,53)(H2,30,32,33)(H,36,43,49)(H3,31,37,38,48)/t9-,10-,11-,15-,16-,17-,18-,19-,20-,25-,26-,27-/m1/s1. The molecule has 8 rings (SSSR count). The van der Waals surface area contributed by atoms with E-state index in [1.54, 1.807) is 0 Å². The maximum atomic E-state index is 13.5. The summed E-state index contributed by atoms with van der Waals surface area (Å²) in [6.07, 6.45) is -16.4. The second-order valence-corrected chi connectivity index (χ2v) is 16.7. The number of aromatic amines is 2. The lowest BCUT2D eigenvalue weighted by Gasteiger charge is -2.25. The number of nitrogen functional groups attached to an aromatic ring is 2. The third-order valence-electron chi connectivity index (χ3n) is 9.96. The Morgan fingerprint density at radius 2 is 1.27 bits per heavy atom. The summed E-state index contributed by atoms with van der Waals surface area (Å²) in [4.78, 5) is 81.9. The first kappa shape index (κ1) is 43.7. The fourth-order valence-corrected chi connectivity index (χ4v) is 8.98. The van der Waals surface area contributed by atoms with Crippen LogP contribution in [0.15, 0.2) is 45.6 Å². The molecule has 8 heterocycles. The van der Waals surface area contributed by atoms with Crippen molar-refractivity contribution in [3.63, 3.8) is 0 Å². The number of ether oxygens (including phenoxy) is 3. The quantitative estimate of drug-likeness (QED) is 0.0464. The van der Waals surface area contributed by atoms with Crippen LogP contribution >= 0.6 is 15.6 Å². The summed E-state index contributed by atoms with van der Waals surface area (Å²) in [5.41, 5.74) is 8.79. The van der Waals surface area contributed by atoms with Crippen LogP contribution in [0.25, 0.3) is 22.3 Å². The number of H-pyrrole nitrogens is 2. The van der Waals surface area contributed by atoms with Crippen LogP contribution in [0.3, 0.4) is 0 Å². The summed E-state index contributed by atoms with van der Waals surface area (Å²) in [6.45, 7) is -2.91. The minimum Gasteiger partial charge on any atom is -0.394 e. The number of rotatable bonds is 14. The topological polar surface area (TPSA) is 454 Å². The highest BCUT2D eigenvalue weighted by atomic mass is 31.2. The molecule has 0 spiro atoms. The molecule has 13 N–H and O–H groups in total. The van der Waals surface area contributed by atoms with E-state index in [4.69, 9.17) is 43.8 Å². The Hall–Kier alpha value is -4.92. The van der Waals surface area contributed by atoms with E-state index in [-0.39, 0.29) is 34.1 Å². The van der Waals surface area contributed by atoms with Crippen molar-refractivity contribution in [2.45, 2.75) is 73.6 Å². The van der Waals surface area contributed by atoms with Crippen LogP contribution in [-0.2, 0) is 41.4 Å². The van der Waals surface area contributed by atoms with Gasteiger partial charge in [0.1, 0.15) is 66.8 Å². The van der Waals surface area contributed by atoms with Crippen molar-refractivity contribution in [1.82, 2.24) is 48.6 Å². The van der Waals surface area contributed by atoms with Gasteiger partial charge < -0.3 is 61.0 Å². The average molecular weight is 919 g/mol. The number of imidazole rings is 2. The molecule has 31 nitrogen and oxygen atoms in total. The van der Waals surface area contributed by atoms with E-state index in [2.05, 4.69) is 29.9 Å². The first-order valence-electron chi connectivity index (χ1n) is 17.9. The van der Waals surface area contributed by atoms with Crippen molar-refractivity contribution in [1.29, 1.82) is 0 Å². The molecule has 0 radical (unpaired) electrons. The van der Waals surface area contributed by atoms with Gasteiger partial charge in [0.2, 0.25) is 5.95 Å². The van der Waals surface area contributed by atoms with Crippen molar-refractivity contribution in [3.05, 3.63) is 62.4 Å². The second kappa shape index (κ2) is 16.7. The summed E-state index contributed by atoms with van der Waals surface area (Å²) in [7, 11) is -10.7. The maximum absolute atomic E-state index is 13.5. The molecule has 5 aromatic rings. The lowest BCUT2D eigenvalue weighted by atomic mass is 10.1. The molecule has 62 heavy (non-hydrogen) atoms. The lowest BCUT2D eigenvalue weighted by molar-refractivity contribution is -0.0621. The Morgan fingerprint density at radius 1 is 0.710 bits per heavy atom. The summed E-state index contributed by atoms with van der Waals surface area (Å²) in [5.74, 6) is -0.354. The minimum absolute atomic E-state index is 0.0107. The van der Waals surface area contributed by atoms with Gasteiger partial charge in [-0.2, -0.15) is 4.98 Å². The normalized spacial score (nSPS) is 32.1. The number of phosphoric acid groups is 2. The number of phosphoric ester groups is 2. The molecule has 5 aromatic heterocycles. The highest BCUT2D eigenvalue weighted by molar-refractivity contribution is 7.47. The highest BCUT2D eigenvalue weighted by Gasteiger charge is 2.53. The zero-order valence-corrected chi connectivity index (χ0v) is 32.9. The molecule has 3 fully saturated rings. The zero-order valence-electron chi connectivity index (χ0n) is 31.1. The van der Waals surface area contributed by atoms with E-state index in [1.165, 1.54) is 0 Å². The highest BCUT2D eigenvalue weighted by Crippen LogP contribution is 2.52. The van der Waals surface area contributed by atoms with Gasteiger partial charge in [-0.3, -0.25) is 51.4 Å². The number of aliphatic hydroxyl groups excluding tert-OH is 5. The SMILES string of the molecule is Nc1nc2c(ncn2[C@@H]2O[C@H](COP(=O)(O)O[C@H]3[C@@H](O)[C@H](n4cnc5c(N)ncnc54)O[C@@H]3COP(=O)(O)O[C@H]3[C@@H](O)[C@H](n4ccc(=O)[nH]c4=O)O[C@@H]3CO)[C@@H](O)[C@H]2O)c(=O)[nH]1. The molecule has 3 aliphatic heterocycles. The van der Waals surface area contributed by atoms with Crippen LogP contribution in [0.2, 0.25) is 0 Å². The van der Waals surface area contributed by atoms with E-state index in [1.807, 2.05) is 4.98 Å². The fourth-order valence-electron chi connectivity index (χ4n) is 7.05. The van der Waals surface area contributed by atoms with Crippen LogP contribution in [0.5, 0.6) is 0 Å². The van der Waals surface area contributed by atoms with Gasteiger partial charge in [-0.15, -0.1) is 0 Å². The zero-order chi connectivity index (χ0) is 44.4. The maximum Gasteiger partial charge on any atom is 0.472 e. The average Bonchev–Trinajstić information content (AvgIpc) is 4.02. The van der Waals surface area contributed by atoms with Gasteiger partial charge in [0.15, 0.2) is 41.3 Å². The monoisotopic (exact) mass is 918 g/mol. The molecule has 3 saturated heterocycles. The Morgan fingerprint density at radius 3 is 1.94 bits per heavy atom. The van der Waals surface area contributed by atoms with Crippen LogP contribution < -0.4 is 28.3 Å². The number of nitrogens with zero attached hydrogens (tertiary/aromatic N) is 8. The lowest BCUT2D eigenvalue weighted by Crippen LogP contribution is -2.39. The van der Waals surface area contributed by atoms with Crippen LogP contribution in [-0.4, -0.2) is 159 Å². The van der Waals surface area contributed by atoms with Gasteiger partial charge in [0, 0.05) is 12.3 Å². The minimum atomic E-state index is -5.38. The first-order valence-corrected chi connectivity index (χ1v) is 20.9. The van der Waals surface area contributed by atoms with Crippen LogP contribution in [0, 0.1) is 0 Å². The first-order chi connectivity index (χ1) is 29.4. The van der Waals surface area contributed by atoms with Crippen molar-refractivity contribution in [2.24, 2.45) is 0 Å². The number of anilines is 2. The van der Waals surface area contributed by atoms with E-state index < -0.39 is 126 Å². The molecule has 336 valence electrons. The number of fused-ring (bicyclic) bond motifs is 2. The summed E-state index contributed by atoms with van der Waals surface area (Å²) in [6, 6.07) is 0.933. The van der Waals surface area contributed by atoms with E-state index >= 15 is 0 Å². The largest absolute Gasteiger partial charge is 0.472 e. The smallest absolute Gasteiger partial charge is 0.394 e. The van der Waals surface area contributed by atoms with Gasteiger partial charge in [0.25, 0.3) is 11.1 Å². The Labute approximate surface area is 342 Å². The number of hydrogen-bond donors (Lipinski definition) is 11. The van der Waals surface area contributed by atoms with Gasteiger partial charge in [-0.25, -0.2) is 33.9 Å². The molecule has 0 bridgehead atoms. The molecular formula is C29H36N12O19P2. The number of hydrogen-bond acceptors (Lipinski definition) is 24. The molecule has 0 aliphatic carbocycles. The summed E-state index contributed by atoms with van der Waals surface area (Å²) in [5, 5.41) is 53.9. The van der Waals surface area contributed by atoms with Gasteiger partial charge >= 0.3 is 21.3 Å². The van der Waals surface area contributed by atoms with Gasteiger partial charge in [-0.1, -0.05) is 0 Å². The molecule has 0 amide bonds. The van der Waals surface area contributed by atoms with Crippen molar-refractivity contribution in [2.75, 3.05) is 31.3 Å². The summed E-state index contributed by atoms with van der Waals surface area (Å²) >= 11 is 0. The van der Waals surface area contributed by atoms with Crippen molar-refractivity contribution >= 4 is 49.7 Å². The predicted molar refractivity (Wildman–Crippen MR) is 198 cm³/mol. The number of aromatic nitrogens is 10. The van der Waals surface area contributed by atoms with E-state index in [0.29, 0.717) is 0 Å². The van der Waals surface area contributed by atoms with Gasteiger partial charge in [-0.05, 0) is 0 Å². The van der Waals surface area contributed by atoms with Crippen LogP contribution in [0.4, 0.5) is 11.8 Å². The number of nitrogens with two attached hydrogens (primary N) is 2. The molecule has 14 atom stereocenters. The van der Waals surface area contributed by atoms with Crippen molar-refractivity contribution < 1.29 is 76.8 Å². The molecule has 2 unspecified atom stereocenters. The predicted octanol–water partition coefficient (Wildman–Crippen LogP) is -5.19. The fraction of sp³-hybridized carbons (Fsp3) is 0.517. The van der Waals surface area contributed by atoms with E-state index in [9.17, 15) is 58.8 Å². The van der Waals surface area contributed by atoms with Crippen molar-refractivity contribution in [3.8, 4) is 0 Å². The third-order valence-corrected chi connectivity index (χ3v) is 11.9. The third kappa shape index (κ3) is 8.21. The van der Waals surface area contributed by atoms with Crippen LogP contribution in [0.1, 0.15) is 18.7 Å². The number of nitrogens with one attached hydrogen (secondary N) is 2. The molecule has 0 aromatic carbocycles. The molecule has 3 aliphatic rings. The van der Waals surface area contributed by atoms with Gasteiger partial charge in [0.05, 0.1) is 32.5 Å². The molecule has 33 heteroatoms. The summed E-state index contributed by atoms with van der Waals surface area (Å²) < 4.78 is 67.5. The Balaban J connectivity index is 0.985. The molecular weight excluding hydrogens is 882 g/mol. The Kier molecular flexibility index (Phi) is 11.7. The van der Waals surface area contributed by atoms with E-state index in [0.717, 1.165) is 44.9 Å². The number of aliphatic hydroxyl groups is 5. The molecule has 0 saturated carbocycles.